The first-order chi connectivity index (χ1) is 12.5. The summed E-state index contributed by atoms with van der Waals surface area (Å²) in [5, 5.41) is 0.565. The van der Waals surface area contributed by atoms with Crippen LogP contribution in [0.15, 0.2) is 42.6 Å². The SMILES string of the molecule is O=C(NNC(=O)C1CCCN(C(=O)c2ccc(Cl)cc2)C1)c1ccc[nH]1. The van der Waals surface area contributed by atoms with E-state index in [0.29, 0.717) is 35.8 Å². The van der Waals surface area contributed by atoms with E-state index < -0.39 is 5.91 Å². The van der Waals surface area contributed by atoms with Crippen LogP contribution in [-0.2, 0) is 4.79 Å². The largest absolute Gasteiger partial charge is 0.357 e. The van der Waals surface area contributed by atoms with Crippen LogP contribution in [0.25, 0.3) is 0 Å². The summed E-state index contributed by atoms with van der Waals surface area (Å²) in [4.78, 5) is 41.2. The standard InChI is InChI=1S/C18H19ClN4O3/c19-14-7-5-12(6-8-14)18(26)23-10-2-3-13(11-23)16(24)21-22-17(25)15-4-1-9-20-15/h1,4-9,13,20H,2-3,10-11H2,(H,21,24)(H,22,25). The molecule has 1 aromatic heterocycles. The lowest BCUT2D eigenvalue weighted by Gasteiger charge is -2.32. The van der Waals surface area contributed by atoms with Gasteiger partial charge < -0.3 is 9.88 Å². The Morgan fingerprint density at radius 3 is 2.58 bits per heavy atom. The molecule has 136 valence electrons. The lowest BCUT2D eigenvalue weighted by molar-refractivity contribution is -0.127. The van der Waals surface area contributed by atoms with E-state index in [1.165, 1.54) is 0 Å². The van der Waals surface area contributed by atoms with E-state index >= 15 is 0 Å². The Morgan fingerprint density at radius 2 is 1.88 bits per heavy atom. The van der Waals surface area contributed by atoms with Crippen LogP contribution in [0.2, 0.25) is 5.02 Å². The van der Waals surface area contributed by atoms with Crippen LogP contribution in [0.3, 0.4) is 0 Å². The van der Waals surface area contributed by atoms with Gasteiger partial charge in [-0.3, -0.25) is 25.2 Å². The molecule has 0 aliphatic carbocycles. The quantitative estimate of drug-likeness (QED) is 0.717. The molecule has 0 saturated carbocycles. The Bertz CT molecular complexity index is 789. The number of halogens is 1. The molecule has 1 atom stereocenters. The highest BCUT2D eigenvalue weighted by Crippen LogP contribution is 2.19. The fourth-order valence-corrected chi connectivity index (χ4v) is 3.04. The molecule has 1 fully saturated rings. The molecule has 1 saturated heterocycles. The summed E-state index contributed by atoms with van der Waals surface area (Å²) in [6.45, 7) is 0.908. The van der Waals surface area contributed by atoms with Crippen LogP contribution in [0.4, 0.5) is 0 Å². The molecule has 3 amide bonds. The maximum atomic E-state index is 12.6. The second-order valence-corrected chi connectivity index (χ2v) is 6.56. The Kier molecular flexibility index (Phi) is 5.58. The van der Waals surface area contributed by atoms with E-state index in [1.54, 1.807) is 47.5 Å². The van der Waals surface area contributed by atoms with Crippen molar-refractivity contribution < 1.29 is 14.4 Å². The number of hydrazine groups is 1. The van der Waals surface area contributed by atoms with Gasteiger partial charge in [-0.1, -0.05) is 11.6 Å². The summed E-state index contributed by atoms with van der Waals surface area (Å²) >= 11 is 5.85. The normalized spacial score (nSPS) is 16.8. The molecule has 26 heavy (non-hydrogen) atoms. The van der Waals surface area contributed by atoms with E-state index in [9.17, 15) is 14.4 Å². The van der Waals surface area contributed by atoms with Crippen LogP contribution in [0.5, 0.6) is 0 Å². The number of hydrogen-bond acceptors (Lipinski definition) is 3. The zero-order chi connectivity index (χ0) is 18.5. The molecular weight excluding hydrogens is 356 g/mol. The topological polar surface area (TPSA) is 94.3 Å². The Labute approximate surface area is 155 Å². The second-order valence-electron chi connectivity index (χ2n) is 6.12. The Morgan fingerprint density at radius 1 is 1.12 bits per heavy atom. The number of nitrogens with zero attached hydrogens (tertiary/aromatic N) is 1. The number of nitrogens with one attached hydrogen (secondary N) is 3. The predicted molar refractivity (Wildman–Crippen MR) is 96.5 cm³/mol. The third-order valence-electron chi connectivity index (χ3n) is 4.31. The van der Waals surface area contributed by atoms with Crippen molar-refractivity contribution in [3.63, 3.8) is 0 Å². The summed E-state index contributed by atoms with van der Waals surface area (Å²) in [6.07, 6.45) is 3.01. The number of rotatable bonds is 3. The van der Waals surface area contributed by atoms with Gasteiger partial charge in [0.25, 0.3) is 11.8 Å². The number of likely N-dealkylation sites (tertiary alicyclic amines) is 1. The van der Waals surface area contributed by atoms with Crippen molar-refractivity contribution in [2.45, 2.75) is 12.8 Å². The lowest BCUT2D eigenvalue weighted by atomic mass is 9.96. The summed E-state index contributed by atoms with van der Waals surface area (Å²) in [7, 11) is 0. The summed E-state index contributed by atoms with van der Waals surface area (Å²) in [6, 6.07) is 9.97. The van der Waals surface area contributed by atoms with E-state index in [-0.39, 0.29) is 17.7 Å². The van der Waals surface area contributed by atoms with Crippen LogP contribution < -0.4 is 10.9 Å². The van der Waals surface area contributed by atoms with Gasteiger partial charge in [0.15, 0.2) is 0 Å². The molecular formula is C18H19ClN4O3. The maximum absolute atomic E-state index is 12.6. The van der Waals surface area contributed by atoms with E-state index in [2.05, 4.69) is 15.8 Å². The molecule has 3 N–H and O–H groups in total. The summed E-state index contributed by atoms with van der Waals surface area (Å²) < 4.78 is 0. The molecule has 2 aromatic rings. The van der Waals surface area contributed by atoms with Gasteiger partial charge in [-0.2, -0.15) is 0 Å². The monoisotopic (exact) mass is 374 g/mol. The summed E-state index contributed by atoms with van der Waals surface area (Å²) in [5.41, 5.74) is 5.70. The Hall–Kier alpha value is -2.80. The fourth-order valence-electron chi connectivity index (χ4n) is 2.91. The second kappa shape index (κ2) is 8.05. The highest BCUT2D eigenvalue weighted by Gasteiger charge is 2.29. The van der Waals surface area contributed by atoms with Crippen LogP contribution in [0, 0.1) is 5.92 Å². The smallest absolute Gasteiger partial charge is 0.286 e. The number of benzene rings is 1. The number of amides is 3. The lowest BCUT2D eigenvalue weighted by Crippen LogP contribution is -2.50. The molecule has 1 aliphatic heterocycles. The van der Waals surface area contributed by atoms with Gasteiger partial charge >= 0.3 is 0 Å². The minimum absolute atomic E-state index is 0.130. The first-order valence-corrected chi connectivity index (χ1v) is 8.71. The van der Waals surface area contributed by atoms with Crippen LogP contribution >= 0.6 is 11.6 Å². The zero-order valence-corrected chi connectivity index (χ0v) is 14.8. The third kappa shape index (κ3) is 4.23. The third-order valence-corrected chi connectivity index (χ3v) is 4.56. The minimum Gasteiger partial charge on any atom is -0.357 e. The van der Waals surface area contributed by atoms with E-state index in [1.807, 2.05) is 0 Å². The van der Waals surface area contributed by atoms with Gasteiger partial charge in [0.05, 0.1) is 5.92 Å². The van der Waals surface area contributed by atoms with Crippen molar-refractivity contribution in [2.24, 2.45) is 5.92 Å². The predicted octanol–water partition coefficient (Wildman–Crippen LogP) is 1.98. The molecule has 3 rings (SSSR count). The van der Waals surface area contributed by atoms with E-state index in [0.717, 1.165) is 6.42 Å². The number of carbonyl (C=O) groups excluding carboxylic acids is 3. The summed E-state index contributed by atoms with van der Waals surface area (Å²) in [5.74, 6) is -1.23. The molecule has 7 nitrogen and oxygen atoms in total. The van der Waals surface area contributed by atoms with E-state index in [4.69, 9.17) is 11.6 Å². The molecule has 0 spiro atoms. The number of H-pyrrole nitrogens is 1. The van der Waals surface area contributed by atoms with Crippen molar-refractivity contribution in [1.29, 1.82) is 0 Å². The molecule has 0 radical (unpaired) electrons. The molecule has 0 bridgehead atoms. The van der Waals surface area contributed by atoms with Gasteiger partial charge in [0.2, 0.25) is 5.91 Å². The molecule has 1 aromatic carbocycles. The Balaban J connectivity index is 1.55. The minimum atomic E-state index is -0.423. The number of aromatic nitrogens is 1. The van der Waals surface area contributed by atoms with Crippen molar-refractivity contribution >= 4 is 29.3 Å². The number of aromatic amines is 1. The van der Waals surface area contributed by atoms with Crippen molar-refractivity contribution in [2.75, 3.05) is 13.1 Å². The zero-order valence-electron chi connectivity index (χ0n) is 14.0. The molecule has 2 heterocycles. The number of hydrogen-bond donors (Lipinski definition) is 3. The van der Waals surface area contributed by atoms with Gasteiger partial charge in [-0.15, -0.1) is 0 Å². The van der Waals surface area contributed by atoms with Crippen LogP contribution in [-0.4, -0.2) is 40.7 Å². The van der Waals surface area contributed by atoms with Crippen molar-refractivity contribution in [3.05, 3.63) is 58.9 Å². The average molecular weight is 375 g/mol. The number of piperidine rings is 1. The fraction of sp³-hybridized carbons (Fsp3) is 0.278. The highest BCUT2D eigenvalue weighted by molar-refractivity contribution is 6.30. The highest BCUT2D eigenvalue weighted by atomic mass is 35.5. The van der Waals surface area contributed by atoms with Crippen molar-refractivity contribution in [1.82, 2.24) is 20.7 Å². The average Bonchev–Trinajstić information content (AvgIpc) is 3.21. The molecule has 8 heteroatoms. The first kappa shape index (κ1) is 18.0. The molecule has 1 unspecified atom stereocenters. The van der Waals surface area contributed by atoms with Gasteiger partial charge in [0, 0.05) is 29.9 Å². The van der Waals surface area contributed by atoms with Gasteiger partial charge in [-0.25, -0.2) is 0 Å². The number of carbonyl (C=O) groups is 3. The first-order valence-electron chi connectivity index (χ1n) is 8.33. The molecule has 1 aliphatic rings. The van der Waals surface area contributed by atoms with Crippen molar-refractivity contribution in [3.8, 4) is 0 Å². The van der Waals surface area contributed by atoms with Crippen LogP contribution in [0.1, 0.15) is 33.7 Å². The maximum Gasteiger partial charge on any atom is 0.286 e. The van der Waals surface area contributed by atoms with Gasteiger partial charge in [-0.05, 0) is 49.2 Å². The van der Waals surface area contributed by atoms with Gasteiger partial charge in [0.1, 0.15) is 5.69 Å².